The summed E-state index contributed by atoms with van der Waals surface area (Å²) in [7, 11) is 0. The number of hydrogen-bond donors (Lipinski definition) is 1. The van der Waals surface area contributed by atoms with Crippen LogP contribution in [0.4, 0.5) is 24.7 Å². The Morgan fingerprint density at radius 1 is 1.07 bits per heavy atom. The van der Waals surface area contributed by atoms with E-state index in [9.17, 15) is 18.0 Å². The fourth-order valence-corrected chi connectivity index (χ4v) is 3.27. The van der Waals surface area contributed by atoms with Gasteiger partial charge in [-0.15, -0.1) is 0 Å². The third-order valence-electron chi connectivity index (χ3n) is 4.66. The predicted molar refractivity (Wildman–Crippen MR) is 102 cm³/mol. The van der Waals surface area contributed by atoms with Gasteiger partial charge in [-0.2, -0.15) is 13.2 Å². The number of nitrogens with one attached hydrogen (secondary N) is 1. The van der Waals surface area contributed by atoms with Gasteiger partial charge >= 0.3 is 6.18 Å². The van der Waals surface area contributed by atoms with Crippen LogP contribution in [0.25, 0.3) is 10.9 Å². The number of halogens is 3. The third-order valence-corrected chi connectivity index (χ3v) is 4.66. The van der Waals surface area contributed by atoms with Crippen LogP contribution in [0.2, 0.25) is 0 Å². The quantitative estimate of drug-likeness (QED) is 0.723. The van der Waals surface area contributed by atoms with Gasteiger partial charge in [0.05, 0.1) is 29.9 Å². The number of rotatable bonds is 3. The van der Waals surface area contributed by atoms with Crippen LogP contribution in [0.5, 0.6) is 0 Å². The summed E-state index contributed by atoms with van der Waals surface area (Å²) in [4.78, 5) is 23.1. The highest BCUT2D eigenvalue weighted by Gasteiger charge is 2.34. The molecule has 1 aliphatic heterocycles. The van der Waals surface area contributed by atoms with Crippen molar-refractivity contribution in [3.05, 3.63) is 59.9 Å². The zero-order valence-corrected chi connectivity index (χ0v) is 15.2. The summed E-state index contributed by atoms with van der Waals surface area (Å²) < 4.78 is 44.9. The molecule has 0 unspecified atom stereocenters. The van der Waals surface area contributed by atoms with Crippen molar-refractivity contribution in [3.8, 4) is 0 Å². The number of carbonyl (C=O) groups excluding carboxylic acids is 1. The summed E-state index contributed by atoms with van der Waals surface area (Å²) in [6.45, 7) is 2.63. The van der Waals surface area contributed by atoms with Gasteiger partial charge in [0.1, 0.15) is 12.1 Å². The van der Waals surface area contributed by atoms with Gasteiger partial charge in [-0.25, -0.2) is 9.97 Å². The Bertz CT molecular complexity index is 1050. The van der Waals surface area contributed by atoms with Crippen molar-refractivity contribution in [2.75, 3.05) is 36.5 Å². The molecular formula is C20H17F3N4O2. The fraction of sp³-hybridized carbons (Fsp3) is 0.250. The van der Waals surface area contributed by atoms with Crippen LogP contribution in [-0.4, -0.2) is 42.2 Å². The van der Waals surface area contributed by atoms with E-state index < -0.39 is 23.2 Å². The van der Waals surface area contributed by atoms with Gasteiger partial charge in [0.15, 0.2) is 0 Å². The van der Waals surface area contributed by atoms with Gasteiger partial charge in [0.25, 0.3) is 5.91 Å². The van der Waals surface area contributed by atoms with E-state index in [2.05, 4.69) is 20.2 Å². The minimum atomic E-state index is -4.61. The molecule has 1 amide bonds. The van der Waals surface area contributed by atoms with Crippen molar-refractivity contribution < 1.29 is 22.7 Å². The van der Waals surface area contributed by atoms with E-state index in [1.54, 1.807) is 18.2 Å². The maximum atomic E-state index is 13.2. The van der Waals surface area contributed by atoms with Gasteiger partial charge in [0.2, 0.25) is 0 Å². The monoisotopic (exact) mass is 402 g/mol. The molecule has 1 aromatic heterocycles. The lowest BCUT2D eigenvalue weighted by Gasteiger charge is -2.28. The summed E-state index contributed by atoms with van der Waals surface area (Å²) in [6.07, 6.45) is -3.19. The molecule has 1 aliphatic rings. The number of ether oxygens (including phenoxy) is 1. The number of amides is 1. The lowest BCUT2D eigenvalue weighted by atomic mass is 10.1. The summed E-state index contributed by atoms with van der Waals surface area (Å²) in [6, 6.07) is 9.69. The molecule has 0 bridgehead atoms. The van der Waals surface area contributed by atoms with Crippen molar-refractivity contribution in [2.24, 2.45) is 0 Å². The van der Waals surface area contributed by atoms with Gasteiger partial charge in [-0.3, -0.25) is 4.79 Å². The first-order valence-electron chi connectivity index (χ1n) is 8.98. The van der Waals surface area contributed by atoms with Crippen LogP contribution in [0, 0.1) is 0 Å². The molecule has 0 aliphatic carbocycles. The molecular weight excluding hydrogens is 385 g/mol. The molecule has 4 rings (SSSR count). The second kappa shape index (κ2) is 7.67. The smallest absolute Gasteiger partial charge is 0.378 e. The molecule has 150 valence electrons. The molecule has 3 aromatic rings. The van der Waals surface area contributed by atoms with Gasteiger partial charge in [0, 0.05) is 24.2 Å². The van der Waals surface area contributed by atoms with Gasteiger partial charge in [-0.1, -0.05) is 12.1 Å². The number of anilines is 2. The van der Waals surface area contributed by atoms with E-state index in [0.29, 0.717) is 37.5 Å². The zero-order valence-electron chi connectivity index (χ0n) is 15.2. The molecule has 1 fully saturated rings. The molecule has 0 radical (unpaired) electrons. The number of nitrogens with zero attached hydrogens (tertiary/aromatic N) is 3. The predicted octanol–water partition coefficient (Wildman–Crippen LogP) is 3.74. The Balaban J connectivity index is 1.62. The van der Waals surface area contributed by atoms with Gasteiger partial charge < -0.3 is 15.0 Å². The van der Waals surface area contributed by atoms with Crippen LogP contribution >= 0.6 is 0 Å². The first-order valence-corrected chi connectivity index (χ1v) is 8.98. The van der Waals surface area contributed by atoms with Crippen molar-refractivity contribution in [1.29, 1.82) is 0 Å². The minimum Gasteiger partial charge on any atom is -0.378 e. The Hall–Kier alpha value is -3.20. The van der Waals surface area contributed by atoms with E-state index >= 15 is 0 Å². The van der Waals surface area contributed by atoms with E-state index in [0.717, 1.165) is 23.3 Å². The Kier molecular flexibility index (Phi) is 5.06. The summed E-state index contributed by atoms with van der Waals surface area (Å²) in [5.41, 5.74) is -0.471. The summed E-state index contributed by atoms with van der Waals surface area (Å²) in [5, 5.41) is 3.32. The molecule has 2 heterocycles. The first-order chi connectivity index (χ1) is 13.9. The maximum absolute atomic E-state index is 13.2. The molecule has 6 nitrogen and oxygen atoms in total. The van der Waals surface area contributed by atoms with Crippen molar-refractivity contribution >= 4 is 28.3 Å². The third kappa shape index (κ3) is 4.00. The largest absolute Gasteiger partial charge is 0.417 e. The Labute approximate surface area is 164 Å². The molecule has 1 N–H and O–H groups in total. The average molecular weight is 402 g/mol. The highest BCUT2D eigenvalue weighted by Crippen LogP contribution is 2.32. The van der Waals surface area contributed by atoms with Crippen LogP contribution in [0.15, 0.2) is 48.8 Å². The molecule has 2 aromatic carbocycles. The molecule has 0 saturated carbocycles. The number of benzene rings is 2. The zero-order chi connectivity index (χ0) is 20.4. The molecule has 0 atom stereocenters. The van der Waals surface area contributed by atoms with Crippen LogP contribution in [0.3, 0.4) is 0 Å². The normalized spacial score (nSPS) is 14.8. The van der Waals surface area contributed by atoms with Crippen molar-refractivity contribution in [3.63, 3.8) is 0 Å². The fourth-order valence-electron chi connectivity index (χ4n) is 3.27. The molecule has 9 heteroatoms. The molecule has 1 saturated heterocycles. The molecule has 29 heavy (non-hydrogen) atoms. The van der Waals surface area contributed by atoms with E-state index in [1.165, 1.54) is 18.5 Å². The Morgan fingerprint density at radius 3 is 2.59 bits per heavy atom. The van der Waals surface area contributed by atoms with Crippen LogP contribution in [-0.2, 0) is 10.9 Å². The van der Waals surface area contributed by atoms with E-state index in [1.807, 2.05) is 0 Å². The molecule has 0 spiro atoms. The number of aromatic nitrogens is 2. The highest BCUT2D eigenvalue weighted by atomic mass is 19.4. The average Bonchev–Trinajstić information content (AvgIpc) is 2.73. The number of morpholine rings is 1. The van der Waals surface area contributed by atoms with Gasteiger partial charge in [-0.05, 0) is 30.3 Å². The maximum Gasteiger partial charge on any atom is 0.417 e. The number of fused-ring (bicyclic) bond motifs is 1. The second-order valence-electron chi connectivity index (χ2n) is 6.53. The lowest BCUT2D eigenvalue weighted by Crippen LogP contribution is -2.36. The number of carbonyl (C=O) groups is 1. The van der Waals surface area contributed by atoms with Crippen molar-refractivity contribution in [2.45, 2.75) is 6.18 Å². The summed E-state index contributed by atoms with van der Waals surface area (Å²) in [5.74, 6) is -0.0710. The van der Waals surface area contributed by atoms with Crippen LogP contribution in [0.1, 0.15) is 15.9 Å². The van der Waals surface area contributed by atoms with Crippen LogP contribution < -0.4 is 10.2 Å². The first kappa shape index (κ1) is 19.1. The lowest BCUT2D eigenvalue weighted by molar-refractivity contribution is -0.137. The Morgan fingerprint density at radius 2 is 1.83 bits per heavy atom. The van der Waals surface area contributed by atoms with E-state index in [-0.39, 0.29) is 0 Å². The topological polar surface area (TPSA) is 67.4 Å². The number of hydrogen-bond acceptors (Lipinski definition) is 5. The highest BCUT2D eigenvalue weighted by molar-refractivity contribution is 6.06. The SMILES string of the molecule is O=C(Nc1ccc2c(N3CCOCC3)ncnc2c1)c1ccccc1C(F)(F)F. The summed E-state index contributed by atoms with van der Waals surface area (Å²) >= 11 is 0. The second-order valence-corrected chi connectivity index (χ2v) is 6.53. The minimum absolute atomic E-state index is 0.353. The number of alkyl halides is 3. The van der Waals surface area contributed by atoms with E-state index in [4.69, 9.17) is 4.74 Å². The standard InChI is InChI=1S/C20H17F3N4O2/c21-20(22,23)16-4-2-1-3-14(16)19(28)26-13-5-6-15-17(11-13)24-12-25-18(15)27-7-9-29-10-8-27/h1-6,11-12H,7-10H2,(H,26,28). The van der Waals surface area contributed by atoms with Crippen molar-refractivity contribution in [1.82, 2.24) is 9.97 Å².